The first kappa shape index (κ1) is 18.2. The molecule has 0 spiro atoms. The first-order valence-corrected chi connectivity index (χ1v) is 9.72. The van der Waals surface area contributed by atoms with Crippen molar-refractivity contribution < 1.29 is 9.53 Å². The number of hydrogen-bond acceptors (Lipinski definition) is 3. The minimum atomic E-state index is -0.111. The number of carbonyl (C=O) groups is 1. The number of likely N-dealkylation sites (tertiary alicyclic amines) is 1. The normalized spacial score (nSPS) is 14.4. The van der Waals surface area contributed by atoms with Crippen LogP contribution in [-0.2, 0) is 17.9 Å². The zero-order valence-electron chi connectivity index (χ0n) is 14.2. The predicted octanol–water partition coefficient (Wildman–Crippen LogP) is 3.58. The van der Waals surface area contributed by atoms with E-state index >= 15 is 0 Å². The van der Waals surface area contributed by atoms with E-state index in [1.54, 1.807) is 0 Å². The summed E-state index contributed by atoms with van der Waals surface area (Å²) < 4.78 is 6.63. The molecule has 25 heavy (non-hydrogen) atoms. The van der Waals surface area contributed by atoms with E-state index in [2.05, 4.69) is 57.1 Å². The van der Waals surface area contributed by atoms with Crippen LogP contribution in [0.5, 0.6) is 5.75 Å². The van der Waals surface area contributed by atoms with Crippen molar-refractivity contribution in [2.24, 2.45) is 0 Å². The maximum atomic E-state index is 11.9. The molecular formula is C20H23IN2O2. The van der Waals surface area contributed by atoms with Gasteiger partial charge in [-0.1, -0.05) is 24.3 Å². The van der Waals surface area contributed by atoms with Crippen molar-refractivity contribution in [1.29, 1.82) is 0 Å². The van der Waals surface area contributed by atoms with Gasteiger partial charge in [0.15, 0.2) is 6.61 Å². The molecule has 0 radical (unpaired) electrons. The summed E-state index contributed by atoms with van der Waals surface area (Å²) in [5.41, 5.74) is 2.44. The molecule has 4 nitrogen and oxygen atoms in total. The Morgan fingerprint density at radius 1 is 1.00 bits per heavy atom. The van der Waals surface area contributed by atoms with Crippen LogP contribution in [0.15, 0.2) is 48.5 Å². The summed E-state index contributed by atoms with van der Waals surface area (Å²) in [4.78, 5) is 14.4. The summed E-state index contributed by atoms with van der Waals surface area (Å²) in [5.74, 6) is 0.599. The van der Waals surface area contributed by atoms with Gasteiger partial charge in [-0.3, -0.25) is 9.69 Å². The van der Waals surface area contributed by atoms with Crippen LogP contribution in [0.2, 0.25) is 0 Å². The fourth-order valence-electron chi connectivity index (χ4n) is 2.89. The molecule has 2 aromatic carbocycles. The van der Waals surface area contributed by atoms with Crippen LogP contribution in [0.3, 0.4) is 0 Å². The maximum Gasteiger partial charge on any atom is 0.258 e. The number of nitrogens with one attached hydrogen (secondary N) is 1. The first-order chi connectivity index (χ1) is 12.2. The highest BCUT2D eigenvalue weighted by atomic mass is 127. The third-order valence-corrected chi connectivity index (χ3v) is 5.02. The second-order valence-electron chi connectivity index (χ2n) is 6.32. The minimum absolute atomic E-state index is 0.0354. The van der Waals surface area contributed by atoms with Gasteiger partial charge in [0.05, 0.1) is 0 Å². The number of nitrogens with zero attached hydrogens (tertiary/aromatic N) is 1. The van der Waals surface area contributed by atoms with Gasteiger partial charge in [0.25, 0.3) is 5.91 Å². The van der Waals surface area contributed by atoms with E-state index in [0.717, 1.165) is 15.7 Å². The fraction of sp³-hybridized carbons (Fsp3) is 0.350. The summed E-state index contributed by atoms with van der Waals surface area (Å²) in [6.07, 6.45) is 2.63. The van der Waals surface area contributed by atoms with Crippen LogP contribution in [0.4, 0.5) is 0 Å². The Bertz CT molecular complexity index is 680. The quantitative estimate of drug-likeness (QED) is 0.656. The molecule has 0 unspecified atom stereocenters. The molecule has 1 aliphatic rings. The van der Waals surface area contributed by atoms with Gasteiger partial charge in [0.2, 0.25) is 0 Å². The van der Waals surface area contributed by atoms with Crippen molar-refractivity contribution in [3.63, 3.8) is 0 Å². The lowest BCUT2D eigenvalue weighted by Gasteiger charge is -2.14. The molecule has 0 aromatic heterocycles. The van der Waals surface area contributed by atoms with Crippen molar-refractivity contribution in [3.05, 3.63) is 63.2 Å². The predicted molar refractivity (Wildman–Crippen MR) is 107 cm³/mol. The van der Waals surface area contributed by atoms with Gasteiger partial charge in [0.1, 0.15) is 5.75 Å². The third-order valence-electron chi connectivity index (χ3n) is 4.30. The van der Waals surface area contributed by atoms with Crippen LogP contribution in [0.25, 0.3) is 0 Å². The highest BCUT2D eigenvalue weighted by Crippen LogP contribution is 2.14. The second kappa shape index (κ2) is 9.20. The molecule has 0 aliphatic carbocycles. The molecular weight excluding hydrogens is 427 g/mol. The standard InChI is InChI=1S/C20H23IN2O2/c21-18-7-9-19(10-8-18)25-15-20(24)22-13-16-3-5-17(6-4-16)14-23-11-1-2-12-23/h3-10H,1-2,11-15H2,(H,22,24). The summed E-state index contributed by atoms with van der Waals surface area (Å²) in [6, 6.07) is 16.1. The first-order valence-electron chi connectivity index (χ1n) is 8.64. The summed E-state index contributed by atoms with van der Waals surface area (Å²) >= 11 is 2.24. The van der Waals surface area contributed by atoms with Crippen molar-refractivity contribution in [2.75, 3.05) is 19.7 Å². The van der Waals surface area contributed by atoms with E-state index in [1.807, 2.05) is 24.3 Å². The van der Waals surface area contributed by atoms with Gasteiger partial charge in [-0.2, -0.15) is 0 Å². The van der Waals surface area contributed by atoms with Crippen molar-refractivity contribution >= 4 is 28.5 Å². The molecule has 3 rings (SSSR count). The van der Waals surface area contributed by atoms with E-state index in [1.165, 1.54) is 31.5 Å². The van der Waals surface area contributed by atoms with Gasteiger partial charge in [-0.05, 0) is 83.9 Å². The highest BCUT2D eigenvalue weighted by molar-refractivity contribution is 14.1. The Balaban J connectivity index is 1.39. The van der Waals surface area contributed by atoms with E-state index in [0.29, 0.717) is 12.3 Å². The van der Waals surface area contributed by atoms with Gasteiger partial charge in [0, 0.05) is 16.7 Å². The molecule has 0 bridgehead atoms. The molecule has 0 atom stereocenters. The topological polar surface area (TPSA) is 41.6 Å². The maximum absolute atomic E-state index is 11.9. The van der Waals surface area contributed by atoms with E-state index in [-0.39, 0.29) is 12.5 Å². The molecule has 1 heterocycles. The Hall–Kier alpha value is -1.60. The fourth-order valence-corrected chi connectivity index (χ4v) is 3.25. The van der Waals surface area contributed by atoms with Crippen LogP contribution < -0.4 is 10.1 Å². The molecule has 1 saturated heterocycles. The van der Waals surface area contributed by atoms with Crippen molar-refractivity contribution in [3.8, 4) is 5.75 Å². The lowest BCUT2D eigenvalue weighted by atomic mass is 10.1. The Labute approximate surface area is 162 Å². The van der Waals surface area contributed by atoms with Gasteiger partial charge >= 0.3 is 0 Å². The Kier molecular flexibility index (Phi) is 6.69. The van der Waals surface area contributed by atoms with E-state index < -0.39 is 0 Å². The zero-order chi connectivity index (χ0) is 17.5. The lowest BCUT2D eigenvalue weighted by molar-refractivity contribution is -0.123. The molecule has 1 N–H and O–H groups in total. The van der Waals surface area contributed by atoms with Crippen molar-refractivity contribution in [1.82, 2.24) is 10.2 Å². The Morgan fingerprint density at radius 2 is 1.64 bits per heavy atom. The van der Waals surface area contributed by atoms with Crippen LogP contribution >= 0.6 is 22.6 Å². The van der Waals surface area contributed by atoms with Crippen LogP contribution in [-0.4, -0.2) is 30.5 Å². The number of hydrogen-bond donors (Lipinski definition) is 1. The van der Waals surface area contributed by atoms with E-state index in [9.17, 15) is 4.79 Å². The molecule has 5 heteroatoms. The molecule has 1 amide bonds. The molecule has 1 fully saturated rings. The number of carbonyl (C=O) groups excluding carboxylic acids is 1. The SMILES string of the molecule is O=C(COc1ccc(I)cc1)NCc1ccc(CN2CCCC2)cc1. The summed E-state index contributed by atoms with van der Waals surface area (Å²) in [6.45, 7) is 4.00. The summed E-state index contributed by atoms with van der Waals surface area (Å²) in [7, 11) is 0. The smallest absolute Gasteiger partial charge is 0.258 e. The highest BCUT2D eigenvalue weighted by Gasteiger charge is 2.11. The molecule has 2 aromatic rings. The lowest BCUT2D eigenvalue weighted by Crippen LogP contribution is -2.28. The van der Waals surface area contributed by atoms with Gasteiger partial charge in [-0.15, -0.1) is 0 Å². The number of rotatable bonds is 7. The molecule has 0 saturated carbocycles. The molecule has 132 valence electrons. The number of amides is 1. The largest absolute Gasteiger partial charge is 0.484 e. The summed E-state index contributed by atoms with van der Waals surface area (Å²) in [5, 5.41) is 2.90. The Morgan fingerprint density at radius 3 is 2.32 bits per heavy atom. The average molecular weight is 450 g/mol. The minimum Gasteiger partial charge on any atom is -0.484 e. The van der Waals surface area contributed by atoms with Crippen LogP contribution in [0, 0.1) is 3.57 Å². The van der Waals surface area contributed by atoms with E-state index in [4.69, 9.17) is 4.74 Å². The second-order valence-corrected chi connectivity index (χ2v) is 7.56. The van der Waals surface area contributed by atoms with Crippen LogP contribution in [0.1, 0.15) is 24.0 Å². The third kappa shape index (κ3) is 6.01. The number of ether oxygens (including phenoxy) is 1. The zero-order valence-corrected chi connectivity index (χ0v) is 16.4. The van der Waals surface area contributed by atoms with Crippen molar-refractivity contribution in [2.45, 2.75) is 25.9 Å². The number of halogens is 1. The van der Waals surface area contributed by atoms with Gasteiger partial charge < -0.3 is 10.1 Å². The monoisotopic (exact) mass is 450 g/mol. The van der Waals surface area contributed by atoms with Gasteiger partial charge in [-0.25, -0.2) is 0 Å². The number of benzene rings is 2. The average Bonchev–Trinajstić information content (AvgIpc) is 3.14. The molecule has 1 aliphatic heterocycles.